The lowest BCUT2D eigenvalue weighted by atomic mass is 9.74. The number of rotatable bonds is 5. The molecule has 1 aliphatic rings. The predicted octanol–water partition coefficient (Wildman–Crippen LogP) is 7.05. The van der Waals surface area contributed by atoms with Gasteiger partial charge in [-0.15, -0.1) is 0 Å². The molecule has 6 atom stereocenters. The van der Waals surface area contributed by atoms with Gasteiger partial charge in [0.15, 0.2) is 0 Å². The first kappa shape index (κ1) is 22.0. The first-order chi connectivity index (χ1) is 11.5. The summed E-state index contributed by atoms with van der Waals surface area (Å²) in [4.78, 5) is 0. The van der Waals surface area contributed by atoms with Gasteiger partial charge in [0.05, 0.1) is 0 Å². The van der Waals surface area contributed by atoms with Crippen LogP contribution in [0.1, 0.15) is 105 Å². The van der Waals surface area contributed by atoms with E-state index in [4.69, 9.17) is 5.73 Å². The molecule has 0 aromatic heterocycles. The van der Waals surface area contributed by atoms with Gasteiger partial charge in [0.2, 0.25) is 0 Å². The molecule has 0 spiro atoms. The molecule has 1 rings (SSSR count). The second-order valence-corrected chi connectivity index (χ2v) is 9.22. The quantitative estimate of drug-likeness (QED) is 0.571. The highest BCUT2D eigenvalue weighted by atomic mass is 14.6. The van der Waals surface area contributed by atoms with E-state index < -0.39 is 0 Å². The van der Waals surface area contributed by atoms with Crippen LogP contribution in [-0.4, -0.2) is 6.54 Å². The molecule has 1 aliphatic carbocycles. The van der Waals surface area contributed by atoms with Gasteiger partial charge in [0, 0.05) is 0 Å². The summed E-state index contributed by atoms with van der Waals surface area (Å²) >= 11 is 0. The molecule has 0 aromatic carbocycles. The Bertz CT molecular complexity index is 300. The Balaban J connectivity index is 2.77. The first-order valence-electron chi connectivity index (χ1n) is 11.2. The van der Waals surface area contributed by atoms with Crippen LogP contribution in [0.4, 0.5) is 0 Å². The molecule has 1 saturated carbocycles. The van der Waals surface area contributed by atoms with Crippen molar-refractivity contribution in [2.45, 2.75) is 105 Å². The predicted molar refractivity (Wildman–Crippen MR) is 109 cm³/mol. The highest BCUT2D eigenvalue weighted by Crippen LogP contribution is 2.36. The summed E-state index contributed by atoms with van der Waals surface area (Å²) in [6.07, 6.45) is 15.7. The van der Waals surface area contributed by atoms with Gasteiger partial charge in [-0.25, -0.2) is 0 Å². The van der Waals surface area contributed by atoms with E-state index in [-0.39, 0.29) is 0 Å². The molecule has 0 heterocycles. The van der Waals surface area contributed by atoms with E-state index >= 15 is 0 Å². The minimum Gasteiger partial charge on any atom is -0.330 e. The van der Waals surface area contributed by atoms with Crippen molar-refractivity contribution in [2.75, 3.05) is 6.54 Å². The average Bonchev–Trinajstić information content (AvgIpc) is 2.58. The smallest absolute Gasteiger partial charge is 0.00488 e. The zero-order valence-electron chi connectivity index (χ0n) is 17.5. The normalized spacial score (nSPS) is 35.5. The summed E-state index contributed by atoms with van der Waals surface area (Å²) in [5.41, 5.74) is 6.07. The van der Waals surface area contributed by atoms with Gasteiger partial charge < -0.3 is 5.73 Å². The van der Waals surface area contributed by atoms with E-state index in [9.17, 15) is 0 Å². The molecule has 0 aromatic rings. The zero-order chi connectivity index (χ0) is 17.9. The Morgan fingerprint density at radius 1 is 0.917 bits per heavy atom. The molecular weight excluding hydrogens is 290 g/mol. The van der Waals surface area contributed by atoms with Crippen molar-refractivity contribution in [1.82, 2.24) is 0 Å². The molecule has 24 heavy (non-hydrogen) atoms. The van der Waals surface area contributed by atoms with Crippen LogP contribution in [0.2, 0.25) is 0 Å². The van der Waals surface area contributed by atoms with E-state index in [2.05, 4.69) is 34.6 Å². The van der Waals surface area contributed by atoms with Crippen LogP contribution >= 0.6 is 0 Å². The van der Waals surface area contributed by atoms with E-state index in [0.29, 0.717) is 5.92 Å². The molecule has 0 radical (unpaired) electrons. The van der Waals surface area contributed by atoms with Crippen molar-refractivity contribution < 1.29 is 0 Å². The van der Waals surface area contributed by atoms with E-state index in [1.807, 2.05) is 0 Å². The second kappa shape index (κ2) is 12.3. The summed E-state index contributed by atoms with van der Waals surface area (Å²) in [7, 11) is 0. The van der Waals surface area contributed by atoms with Gasteiger partial charge in [-0.2, -0.15) is 0 Å². The van der Waals surface area contributed by atoms with Crippen LogP contribution in [0.3, 0.4) is 0 Å². The fraction of sp³-hybridized carbons (Fsp3) is 1.00. The zero-order valence-corrected chi connectivity index (χ0v) is 17.5. The third-order valence-electron chi connectivity index (χ3n) is 7.04. The number of hydrogen-bond acceptors (Lipinski definition) is 1. The van der Waals surface area contributed by atoms with Crippen LogP contribution in [-0.2, 0) is 0 Å². The molecule has 1 nitrogen and oxygen atoms in total. The van der Waals surface area contributed by atoms with E-state index in [1.165, 1.54) is 70.6 Å². The van der Waals surface area contributed by atoms with Gasteiger partial charge in [0.25, 0.3) is 0 Å². The first-order valence-corrected chi connectivity index (χ1v) is 11.2. The van der Waals surface area contributed by atoms with E-state index in [0.717, 1.165) is 36.1 Å². The summed E-state index contributed by atoms with van der Waals surface area (Å²) in [5.74, 6) is 5.19. The third kappa shape index (κ3) is 7.89. The molecule has 2 N–H and O–H groups in total. The van der Waals surface area contributed by atoms with Crippen LogP contribution < -0.4 is 5.73 Å². The fourth-order valence-corrected chi connectivity index (χ4v) is 5.18. The van der Waals surface area contributed by atoms with Crippen LogP contribution in [0.25, 0.3) is 0 Å². The van der Waals surface area contributed by atoms with Crippen LogP contribution in [0.5, 0.6) is 0 Å². The number of hydrogen-bond donors (Lipinski definition) is 1. The second-order valence-electron chi connectivity index (χ2n) is 9.22. The molecule has 1 heteroatoms. The van der Waals surface area contributed by atoms with Gasteiger partial charge in [-0.05, 0) is 54.9 Å². The highest BCUT2D eigenvalue weighted by Gasteiger charge is 2.26. The lowest BCUT2D eigenvalue weighted by Crippen LogP contribution is -2.28. The fourth-order valence-electron chi connectivity index (χ4n) is 5.18. The maximum Gasteiger partial charge on any atom is -0.00488 e. The van der Waals surface area contributed by atoms with Crippen molar-refractivity contribution in [1.29, 1.82) is 0 Å². The third-order valence-corrected chi connectivity index (χ3v) is 7.04. The molecule has 0 saturated heterocycles. The monoisotopic (exact) mass is 337 g/mol. The topological polar surface area (TPSA) is 26.0 Å². The van der Waals surface area contributed by atoms with Gasteiger partial charge in [0.1, 0.15) is 0 Å². The van der Waals surface area contributed by atoms with Crippen molar-refractivity contribution in [3.8, 4) is 0 Å². The Labute approximate surface area is 153 Å². The van der Waals surface area contributed by atoms with Gasteiger partial charge >= 0.3 is 0 Å². The molecule has 0 aliphatic heterocycles. The summed E-state index contributed by atoms with van der Waals surface area (Å²) in [6.45, 7) is 13.0. The molecule has 1 fully saturated rings. The molecule has 0 bridgehead atoms. The van der Waals surface area contributed by atoms with Crippen LogP contribution in [0.15, 0.2) is 0 Å². The minimum atomic E-state index is 0.685. The van der Waals surface area contributed by atoms with Gasteiger partial charge in [-0.1, -0.05) is 92.4 Å². The Morgan fingerprint density at radius 2 is 1.62 bits per heavy atom. The Kier molecular flexibility index (Phi) is 11.3. The summed E-state index contributed by atoms with van der Waals surface area (Å²) < 4.78 is 0. The molecule has 144 valence electrons. The SMILES string of the molecule is CCCC1CCCCC(C)C(C(C)CN)CC(CC)CCC(C)C1. The van der Waals surface area contributed by atoms with Gasteiger partial charge in [-0.3, -0.25) is 0 Å². The maximum absolute atomic E-state index is 6.07. The number of nitrogens with two attached hydrogens (primary N) is 1. The Morgan fingerprint density at radius 3 is 2.25 bits per heavy atom. The molecule has 6 unspecified atom stereocenters. The van der Waals surface area contributed by atoms with Crippen molar-refractivity contribution in [3.63, 3.8) is 0 Å². The standard InChI is InChI=1S/C23H47N/c1-6-10-22-12-9-8-11-19(4)23(20(5)17-24)16-21(7-2)14-13-18(3)15-22/h18-23H,6-17,24H2,1-5H3. The van der Waals surface area contributed by atoms with Crippen LogP contribution in [0, 0.1) is 35.5 Å². The summed E-state index contributed by atoms with van der Waals surface area (Å²) in [6, 6.07) is 0. The summed E-state index contributed by atoms with van der Waals surface area (Å²) in [5, 5.41) is 0. The molecule has 0 amide bonds. The lowest BCUT2D eigenvalue weighted by molar-refractivity contribution is 0.186. The average molecular weight is 338 g/mol. The highest BCUT2D eigenvalue weighted by molar-refractivity contribution is 4.78. The maximum atomic E-state index is 6.07. The largest absolute Gasteiger partial charge is 0.330 e. The van der Waals surface area contributed by atoms with Crippen molar-refractivity contribution in [3.05, 3.63) is 0 Å². The Hall–Kier alpha value is -0.0400. The molecular formula is C23H47N. The van der Waals surface area contributed by atoms with E-state index in [1.54, 1.807) is 0 Å². The minimum absolute atomic E-state index is 0.685. The van der Waals surface area contributed by atoms with Crippen molar-refractivity contribution >= 4 is 0 Å². The van der Waals surface area contributed by atoms with Crippen molar-refractivity contribution in [2.24, 2.45) is 41.2 Å². The lowest BCUT2D eigenvalue weighted by Gasteiger charge is -2.32.